The molecule has 0 aliphatic carbocycles. The predicted molar refractivity (Wildman–Crippen MR) is 139 cm³/mol. The van der Waals surface area contributed by atoms with Crippen molar-refractivity contribution in [3.05, 3.63) is 53.0 Å². The van der Waals surface area contributed by atoms with Gasteiger partial charge in [0.25, 0.3) is 0 Å². The van der Waals surface area contributed by atoms with Crippen molar-refractivity contribution in [2.45, 2.75) is 58.7 Å². The zero-order chi connectivity index (χ0) is 26.3. The molecule has 1 N–H and O–H groups in total. The van der Waals surface area contributed by atoms with Crippen LogP contribution in [0.3, 0.4) is 0 Å². The van der Waals surface area contributed by atoms with E-state index in [-0.39, 0.29) is 17.5 Å². The minimum absolute atomic E-state index is 0.148. The van der Waals surface area contributed by atoms with E-state index in [1.807, 2.05) is 25.3 Å². The number of amides is 2. The topological polar surface area (TPSA) is 61.4 Å². The molecule has 0 bridgehead atoms. The van der Waals surface area contributed by atoms with Gasteiger partial charge in [-0.15, -0.1) is 11.3 Å². The van der Waals surface area contributed by atoms with Gasteiger partial charge >= 0.3 is 12.2 Å². The molecule has 4 rings (SSSR count). The molecule has 0 radical (unpaired) electrons. The van der Waals surface area contributed by atoms with Crippen molar-refractivity contribution in [1.29, 1.82) is 0 Å². The molecule has 1 aliphatic rings. The third-order valence-electron chi connectivity index (χ3n) is 6.25. The zero-order valence-corrected chi connectivity index (χ0v) is 21.8. The van der Waals surface area contributed by atoms with E-state index >= 15 is 0 Å². The number of urea groups is 1. The quantitative estimate of drug-likeness (QED) is 0.400. The van der Waals surface area contributed by atoms with Crippen LogP contribution in [0.2, 0.25) is 0 Å². The first-order valence-electron chi connectivity index (χ1n) is 11.9. The summed E-state index contributed by atoms with van der Waals surface area (Å²) in [7, 11) is 0. The average molecular weight is 518 g/mol. The van der Waals surface area contributed by atoms with Gasteiger partial charge in [0.15, 0.2) is 10.9 Å². The van der Waals surface area contributed by atoms with Gasteiger partial charge in [0, 0.05) is 35.5 Å². The number of benzene rings is 1. The number of rotatable bonds is 3. The molecular formula is C26H30F3N5OS. The van der Waals surface area contributed by atoms with Crippen LogP contribution in [0, 0.1) is 0 Å². The van der Waals surface area contributed by atoms with E-state index in [1.54, 1.807) is 17.0 Å². The number of halogens is 3. The van der Waals surface area contributed by atoms with Gasteiger partial charge in [0.1, 0.15) is 0 Å². The van der Waals surface area contributed by atoms with Crippen LogP contribution in [0.4, 0.5) is 34.6 Å². The van der Waals surface area contributed by atoms with Crippen molar-refractivity contribution in [3.8, 4) is 11.3 Å². The summed E-state index contributed by atoms with van der Waals surface area (Å²) >= 11 is 1.36. The molecular weight excluding hydrogens is 487 g/mol. The number of carbonyl (C=O) groups is 1. The van der Waals surface area contributed by atoms with Crippen molar-refractivity contribution < 1.29 is 18.0 Å². The van der Waals surface area contributed by atoms with E-state index in [4.69, 9.17) is 4.98 Å². The summed E-state index contributed by atoms with van der Waals surface area (Å²) in [5.74, 6) is 0.418. The zero-order valence-electron chi connectivity index (χ0n) is 21.0. The average Bonchev–Trinajstić information content (AvgIpc) is 3.23. The maximum atomic E-state index is 13.6. The fourth-order valence-corrected chi connectivity index (χ4v) is 5.06. The second kappa shape index (κ2) is 9.72. The second-order valence-corrected chi connectivity index (χ2v) is 10.8. The van der Waals surface area contributed by atoms with Crippen LogP contribution in [0.5, 0.6) is 0 Å². The number of pyridine rings is 1. The molecule has 6 nitrogen and oxygen atoms in total. The van der Waals surface area contributed by atoms with Crippen molar-refractivity contribution in [2.24, 2.45) is 0 Å². The second-order valence-electron chi connectivity index (χ2n) is 9.92. The van der Waals surface area contributed by atoms with Crippen LogP contribution in [-0.2, 0) is 11.6 Å². The number of hydrogen-bond donors (Lipinski definition) is 1. The first-order valence-corrected chi connectivity index (χ1v) is 12.8. The third-order valence-corrected chi connectivity index (χ3v) is 7.01. The first-order chi connectivity index (χ1) is 16.9. The maximum absolute atomic E-state index is 13.6. The van der Waals surface area contributed by atoms with Gasteiger partial charge in [0.05, 0.1) is 22.6 Å². The SMILES string of the molecule is CCN1CC[C@@H](C)N(C(=O)Nc2nc(C(C)(C)C)cs2)c2nc(-c3cccc(C(F)(F)F)c3)ccc21. The lowest BCUT2D eigenvalue weighted by atomic mass is 9.93. The Balaban J connectivity index is 1.75. The number of thiazole rings is 1. The lowest BCUT2D eigenvalue weighted by Crippen LogP contribution is -2.42. The number of hydrogen-bond acceptors (Lipinski definition) is 5. The van der Waals surface area contributed by atoms with Crippen molar-refractivity contribution in [2.75, 3.05) is 28.2 Å². The normalized spacial score (nSPS) is 16.5. The highest BCUT2D eigenvalue weighted by molar-refractivity contribution is 7.14. The fourth-order valence-electron chi connectivity index (χ4n) is 4.13. The summed E-state index contributed by atoms with van der Waals surface area (Å²) < 4.78 is 39.9. The van der Waals surface area contributed by atoms with Gasteiger partial charge in [-0.05, 0) is 44.5 Å². The molecule has 2 aromatic heterocycles. The summed E-state index contributed by atoms with van der Waals surface area (Å²) in [5, 5.41) is 5.33. The number of nitrogens with one attached hydrogen (secondary N) is 1. The minimum atomic E-state index is -4.46. The minimum Gasteiger partial charge on any atom is -0.369 e. The summed E-state index contributed by atoms with van der Waals surface area (Å²) in [6.07, 6.45) is -3.75. The van der Waals surface area contributed by atoms with Crippen molar-refractivity contribution in [3.63, 3.8) is 0 Å². The van der Waals surface area contributed by atoms with Crippen LogP contribution in [0.15, 0.2) is 41.8 Å². The molecule has 192 valence electrons. The Labute approximate surface area is 213 Å². The van der Waals surface area contributed by atoms with Gasteiger partial charge in [-0.3, -0.25) is 10.2 Å². The first kappa shape index (κ1) is 25.9. The third kappa shape index (κ3) is 5.33. The Morgan fingerprint density at radius 2 is 1.92 bits per heavy atom. The van der Waals surface area contributed by atoms with E-state index in [9.17, 15) is 18.0 Å². The molecule has 0 saturated heterocycles. The predicted octanol–water partition coefficient (Wildman–Crippen LogP) is 7.18. The van der Waals surface area contributed by atoms with Crippen LogP contribution in [0.25, 0.3) is 11.3 Å². The summed E-state index contributed by atoms with van der Waals surface area (Å²) in [5.41, 5.74) is 1.46. The van der Waals surface area contributed by atoms with E-state index in [1.165, 1.54) is 17.4 Å². The Hall–Kier alpha value is -3.14. The lowest BCUT2D eigenvalue weighted by Gasteiger charge is -2.28. The Morgan fingerprint density at radius 1 is 1.17 bits per heavy atom. The van der Waals surface area contributed by atoms with Crippen molar-refractivity contribution >= 4 is 34.0 Å². The molecule has 10 heteroatoms. The fraction of sp³-hybridized carbons (Fsp3) is 0.423. The Kier molecular flexibility index (Phi) is 7.01. The maximum Gasteiger partial charge on any atom is 0.416 e. The standard InChI is InChI=1S/C26H30F3N5OS/c1-6-33-13-12-16(2)34(24(35)32-23-31-21(15-36-23)25(3,4)5)22-20(33)11-10-19(30-22)17-8-7-9-18(14-17)26(27,28)29/h7-11,14-16H,6,12-13H2,1-5H3,(H,31,32,35)/t16-/m1/s1. The molecule has 0 saturated carbocycles. The van der Waals surface area contributed by atoms with E-state index < -0.39 is 11.7 Å². The molecule has 0 fully saturated rings. The summed E-state index contributed by atoms with van der Waals surface area (Å²) in [4.78, 5) is 26.6. The molecule has 1 aliphatic heterocycles. The van der Waals surface area contributed by atoms with Gasteiger partial charge in [0.2, 0.25) is 0 Å². The molecule has 1 atom stereocenters. The highest BCUT2D eigenvalue weighted by Gasteiger charge is 2.33. The van der Waals surface area contributed by atoms with Crippen LogP contribution >= 0.6 is 11.3 Å². The van der Waals surface area contributed by atoms with Gasteiger partial charge < -0.3 is 4.90 Å². The van der Waals surface area contributed by atoms with E-state index in [0.29, 0.717) is 35.2 Å². The number of alkyl halides is 3. The lowest BCUT2D eigenvalue weighted by molar-refractivity contribution is -0.137. The highest BCUT2D eigenvalue weighted by atomic mass is 32.1. The summed E-state index contributed by atoms with van der Waals surface area (Å²) in [6, 6.07) is 8.06. The number of aromatic nitrogens is 2. The molecule has 2 amide bonds. The monoisotopic (exact) mass is 517 g/mol. The molecule has 1 aromatic carbocycles. The molecule has 0 spiro atoms. The van der Waals surface area contributed by atoms with E-state index in [0.717, 1.165) is 30.1 Å². The Morgan fingerprint density at radius 3 is 2.56 bits per heavy atom. The summed E-state index contributed by atoms with van der Waals surface area (Å²) in [6.45, 7) is 11.6. The van der Waals surface area contributed by atoms with Crippen molar-refractivity contribution in [1.82, 2.24) is 9.97 Å². The van der Waals surface area contributed by atoms with Gasteiger partial charge in [-0.25, -0.2) is 14.8 Å². The molecule has 3 heterocycles. The van der Waals surface area contributed by atoms with E-state index in [2.05, 4.69) is 36.0 Å². The van der Waals surface area contributed by atoms with Crippen LogP contribution in [-0.4, -0.2) is 35.1 Å². The number of carbonyl (C=O) groups excluding carboxylic acids is 1. The molecule has 0 unspecified atom stereocenters. The molecule has 3 aromatic rings. The van der Waals surface area contributed by atoms with Crippen LogP contribution < -0.4 is 15.1 Å². The van der Waals surface area contributed by atoms with Crippen LogP contribution in [0.1, 0.15) is 52.3 Å². The Bertz CT molecular complexity index is 1250. The largest absolute Gasteiger partial charge is 0.416 e. The molecule has 36 heavy (non-hydrogen) atoms. The smallest absolute Gasteiger partial charge is 0.369 e. The number of nitrogens with zero attached hydrogens (tertiary/aromatic N) is 4. The van der Waals surface area contributed by atoms with Gasteiger partial charge in [-0.1, -0.05) is 32.9 Å². The number of fused-ring (bicyclic) bond motifs is 1. The highest BCUT2D eigenvalue weighted by Crippen LogP contribution is 2.37. The van der Waals surface area contributed by atoms with Gasteiger partial charge in [-0.2, -0.15) is 13.2 Å². The number of anilines is 3.